The van der Waals surface area contributed by atoms with E-state index in [1.807, 2.05) is 6.07 Å². The number of benzene rings is 1. The van der Waals surface area contributed by atoms with Crippen LogP contribution in [0.5, 0.6) is 5.75 Å². The smallest absolute Gasteiger partial charge is 0.123 e. The summed E-state index contributed by atoms with van der Waals surface area (Å²) in [5.74, 6) is 1.08. The summed E-state index contributed by atoms with van der Waals surface area (Å²) in [6, 6.07) is 8.38. The second kappa shape index (κ2) is 4.34. The van der Waals surface area contributed by atoms with Crippen molar-refractivity contribution in [2.45, 2.75) is 38.7 Å². The van der Waals surface area contributed by atoms with Gasteiger partial charge in [0.15, 0.2) is 0 Å². The molecule has 2 aliphatic rings. The van der Waals surface area contributed by atoms with Gasteiger partial charge in [-0.1, -0.05) is 31.5 Å². The Kier molecular flexibility index (Phi) is 2.83. The van der Waals surface area contributed by atoms with Gasteiger partial charge in [-0.05, 0) is 29.9 Å². The molecule has 92 valence electrons. The number of para-hydroxylation sites is 1. The van der Waals surface area contributed by atoms with E-state index in [-0.39, 0.29) is 0 Å². The summed E-state index contributed by atoms with van der Waals surface area (Å²) in [5, 5.41) is 3.58. The lowest BCUT2D eigenvalue weighted by Gasteiger charge is -2.38. The number of ether oxygens (including phenoxy) is 1. The highest BCUT2D eigenvalue weighted by Gasteiger charge is 2.31. The molecule has 1 aromatic carbocycles. The van der Waals surface area contributed by atoms with E-state index in [1.54, 1.807) is 0 Å². The van der Waals surface area contributed by atoms with Gasteiger partial charge in [0.25, 0.3) is 0 Å². The first kappa shape index (κ1) is 11.1. The van der Waals surface area contributed by atoms with Crippen molar-refractivity contribution in [1.29, 1.82) is 0 Å². The number of fused-ring (bicyclic) bond motifs is 1. The zero-order valence-corrected chi connectivity index (χ0v) is 10.5. The molecule has 1 atom stereocenters. The van der Waals surface area contributed by atoms with Crippen molar-refractivity contribution >= 4 is 0 Å². The van der Waals surface area contributed by atoms with Crippen LogP contribution in [0.1, 0.15) is 31.7 Å². The van der Waals surface area contributed by atoms with E-state index in [0.717, 1.165) is 25.3 Å². The van der Waals surface area contributed by atoms with Crippen LogP contribution in [0.2, 0.25) is 0 Å². The third-order valence-corrected chi connectivity index (χ3v) is 4.20. The maximum Gasteiger partial charge on any atom is 0.123 e. The quantitative estimate of drug-likeness (QED) is 0.860. The van der Waals surface area contributed by atoms with Crippen molar-refractivity contribution < 1.29 is 4.74 Å². The minimum absolute atomic E-state index is 0.330. The van der Waals surface area contributed by atoms with Crippen LogP contribution in [0, 0.1) is 5.41 Å². The number of hydrogen-bond acceptors (Lipinski definition) is 2. The van der Waals surface area contributed by atoms with Crippen LogP contribution in [0.4, 0.5) is 0 Å². The number of rotatable bonds is 4. The van der Waals surface area contributed by atoms with E-state index in [0.29, 0.717) is 11.5 Å². The summed E-state index contributed by atoms with van der Waals surface area (Å²) < 4.78 is 5.91. The Hall–Kier alpha value is -1.02. The van der Waals surface area contributed by atoms with E-state index in [1.165, 1.54) is 24.8 Å². The molecule has 0 radical (unpaired) electrons. The molecule has 0 saturated heterocycles. The second-order valence-corrected chi connectivity index (χ2v) is 5.85. The molecule has 2 heteroatoms. The van der Waals surface area contributed by atoms with E-state index in [2.05, 4.69) is 30.4 Å². The van der Waals surface area contributed by atoms with Gasteiger partial charge in [0.2, 0.25) is 0 Å². The predicted molar refractivity (Wildman–Crippen MR) is 69.4 cm³/mol. The van der Waals surface area contributed by atoms with Gasteiger partial charge >= 0.3 is 0 Å². The molecule has 1 heterocycles. The summed E-state index contributed by atoms with van der Waals surface area (Å²) in [6.45, 7) is 4.50. The van der Waals surface area contributed by atoms with Crippen molar-refractivity contribution in [2.75, 3.05) is 13.1 Å². The molecule has 1 N–H and O–H groups in total. The third kappa shape index (κ3) is 2.32. The van der Waals surface area contributed by atoms with E-state index in [9.17, 15) is 0 Å². The monoisotopic (exact) mass is 231 g/mol. The molecule has 1 aliphatic carbocycles. The fourth-order valence-corrected chi connectivity index (χ4v) is 2.86. The van der Waals surface area contributed by atoms with Gasteiger partial charge in [0.1, 0.15) is 11.9 Å². The van der Waals surface area contributed by atoms with Crippen LogP contribution in [-0.2, 0) is 6.42 Å². The molecular weight excluding hydrogens is 210 g/mol. The SMILES string of the molecule is CC1(CNCC2Cc3ccccc3O2)CCC1. The number of nitrogens with one attached hydrogen (secondary N) is 1. The third-order valence-electron chi connectivity index (χ3n) is 4.20. The molecule has 2 nitrogen and oxygen atoms in total. The van der Waals surface area contributed by atoms with E-state index >= 15 is 0 Å². The Morgan fingerprint density at radius 2 is 2.18 bits per heavy atom. The van der Waals surface area contributed by atoms with Gasteiger partial charge in [-0.2, -0.15) is 0 Å². The zero-order valence-electron chi connectivity index (χ0n) is 10.5. The summed E-state index contributed by atoms with van der Waals surface area (Å²) in [5.41, 5.74) is 1.92. The molecule has 0 amide bonds. The zero-order chi connectivity index (χ0) is 11.7. The summed E-state index contributed by atoms with van der Waals surface area (Å²) >= 11 is 0. The first-order valence-electron chi connectivity index (χ1n) is 6.70. The largest absolute Gasteiger partial charge is 0.488 e. The van der Waals surface area contributed by atoms with Crippen molar-refractivity contribution in [2.24, 2.45) is 5.41 Å². The Labute approximate surface area is 103 Å². The van der Waals surface area contributed by atoms with Gasteiger partial charge in [-0.3, -0.25) is 0 Å². The van der Waals surface area contributed by atoms with Crippen molar-refractivity contribution in [1.82, 2.24) is 5.32 Å². The fraction of sp³-hybridized carbons (Fsp3) is 0.600. The maximum absolute atomic E-state index is 5.91. The average molecular weight is 231 g/mol. The lowest BCUT2D eigenvalue weighted by Crippen LogP contribution is -2.41. The topological polar surface area (TPSA) is 21.3 Å². The Morgan fingerprint density at radius 3 is 2.88 bits per heavy atom. The lowest BCUT2D eigenvalue weighted by molar-refractivity contribution is 0.146. The van der Waals surface area contributed by atoms with Gasteiger partial charge in [0.05, 0.1) is 0 Å². The highest BCUT2D eigenvalue weighted by Crippen LogP contribution is 2.39. The standard InChI is InChI=1S/C15H21NO/c1-15(7-4-8-15)11-16-10-13-9-12-5-2-3-6-14(12)17-13/h2-3,5-6,13,16H,4,7-11H2,1H3. The second-order valence-electron chi connectivity index (χ2n) is 5.85. The van der Waals surface area contributed by atoms with Crippen LogP contribution in [0.15, 0.2) is 24.3 Å². The highest BCUT2D eigenvalue weighted by molar-refractivity contribution is 5.37. The van der Waals surface area contributed by atoms with Crippen LogP contribution in [0.3, 0.4) is 0 Å². The fourth-order valence-electron chi connectivity index (χ4n) is 2.86. The van der Waals surface area contributed by atoms with E-state index < -0.39 is 0 Å². The number of hydrogen-bond donors (Lipinski definition) is 1. The van der Waals surface area contributed by atoms with Gasteiger partial charge in [-0.25, -0.2) is 0 Å². The molecule has 1 fully saturated rings. The molecule has 0 spiro atoms. The van der Waals surface area contributed by atoms with Gasteiger partial charge in [-0.15, -0.1) is 0 Å². The van der Waals surface area contributed by atoms with Gasteiger partial charge < -0.3 is 10.1 Å². The predicted octanol–water partition coefficient (Wildman–Crippen LogP) is 2.77. The van der Waals surface area contributed by atoms with Crippen molar-refractivity contribution in [3.05, 3.63) is 29.8 Å². The normalized spacial score (nSPS) is 24.9. The Morgan fingerprint density at radius 1 is 1.35 bits per heavy atom. The Balaban J connectivity index is 1.46. The molecule has 1 aliphatic heterocycles. The molecule has 1 unspecified atom stereocenters. The summed E-state index contributed by atoms with van der Waals surface area (Å²) in [6.07, 6.45) is 5.55. The maximum atomic E-state index is 5.91. The molecule has 0 aromatic heterocycles. The van der Waals surface area contributed by atoms with Crippen molar-refractivity contribution in [3.63, 3.8) is 0 Å². The average Bonchev–Trinajstić information content (AvgIpc) is 2.69. The molecule has 0 bridgehead atoms. The van der Waals surface area contributed by atoms with Gasteiger partial charge in [0, 0.05) is 19.5 Å². The van der Waals surface area contributed by atoms with Crippen LogP contribution >= 0.6 is 0 Å². The highest BCUT2D eigenvalue weighted by atomic mass is 16.5. The molecule has 3 rings (SSSR count). The molecule has 1 saturated carbocycles. The van der Waals surface area contributed by atoms with Crippen LogP contribution < -0.4 is 10.1 Å². The van der Waals surface area contributed by atoms with Crippen molar-refractivity contribution in [3.8, 4) is 5.75 Å². The lowest BCUT2D eigenvalue weighted by atomic mass is 9.70. The molecule has 1 aromatic rings. The Bertz CT molecular complexity index is 373. The molecular formula is C15H21NO. The van der Waals surface area contributed by atoms with E-state index in [4.69, 9.17) is 4.74 Å². The minimum Gasteiger partial charge on any atom is -0.488 e. The minimum atomic E-state index is 0.330. The molecule has 17 heavy (non-hydrogen) atoms. The first-order valence-corrected chi connectivity index (χ1v) is 6.70. The summed E-state index contributed by atoms with van der Waals surface area (Å²) in [4.78, 5) is 0. The van der Waals surface area contributed by atoms with Crippen LogP contribution in [0.25, 0.3) is 0 Å². The first-order chi connectivity index (χ1) is 8.25. The summed E-state index contributed by atoms with van der Waals surface area (Å²) in [7, 11) is 0. The van der Waals surface area contributed by atoms with Crippen LogP contribution in [-0.4, -0.2) is 19.2 Å².